The van der Waals surface area contributed by atoms with E-state index >= 15 is 0 Å². The normalized spacial score (nSPS) is 14.9. The van der Waals surface area contributed by atoms with E-state index in [-0.39, 0.29) is 24.9 Å². The van der Waals surface area contributed by atoms with E-state index in [4.69, 9.17) is 4.74 Å². The number of hydrogen-bond acceptors (Lipinski definition) is 4. The maximum absolute atomic E-state index is 12.4. The number of benzene rings is 1. The number of anilines is 1. The first-order chi connectivity index (χ1) is 12.6. The highest BCUT2D eigenvalue weighted by atomic mass is 16.5. The first-order valence-corrected chi connectivity index (χ1v) is 9.57. The maximum Gasteiger partial charge on any atom is 0.238 e. The average molecular weight is 361 g/mol. The van der Waals surface area contributed by atoms with Crippen LogP contribution in [0.4, 0.5) is 5.69 Å². The Balaban J connectivity index is 1.85. The molecule has 0 saturated heterocycles. The van der Waals surface area contributed by atoms with Gasteiger partial charge in [0.25, 0.3) is 0 Å². The second kappa shape index (κ2) is 10.8. The number of carbonyl (C=O) groups is 2. The Bertz CT molecular complexity index is 585. The molecule has 0 bridgehead atoms. The van der Waals surface area contributed by atoms with Crippen molar-refractivity contribution in [3.63, 3.8) is 0 Å². The van der Waals surface area contributed by atoms with Crippen LogP contribution in [0.1, 0.15) is 45.4 Å². The van der Waals surface area contributed by atoms with Gasteiger partial charge in [0.15, 0.2) is 0 Å². The van der Waals surface area contributed by atoms with E-state index in [1.165, 1.54) is 19.3 Å². The topological polar surface area (TPSA) is 70.7 Å². The number of nitrogens with zero attached hydrogens (tertiary/aromatic N) is 1. The van der Waals surface area contributed by atoms with Crippen molar-refractivity contribution >= 4 is 17.5 Å². The lowest BCUT2D eigenvalue weighted by molar-refractivity contribution is -0.124. The molecule has 0 unspecified atom stereocenters. The molecule has 0 spiro atoms. The molecule has 1 aliphatic rings. The highest BCUT2D eigenvalue weighted by Gasteiger charge is 2.19. The first kappa shape index (κ1) is 20.2. The third-order valence-corrected chi connectivity index (χ3v) is 4.63. The molecule has 1 fully saturated rings. The van der Waals surface area contributed by atoms with Crippen LogP contribution < -0.4 is 15.4 Å². The van der Waals surface area contributed by atoms with E-state index in [0.29, 0.717) is 24.0 Å². The zero-order valence-electron chi connectivity index (χ0n) is 15.9. The van der Waals surface area contributed by atoms with Crippen LogP contribution in [0.15, 0.2) is 24.3 Å². The lowest BCUT2D eigenvalue weighted by Gasteiger charge is -2.25. The van der Waals surface area contributed by atoms with Crippen molar-refractivity contribution in [2.24, 2.45) is 0 Å². The van der Waals surface area contributed by atoms with Gasteiger partial charge in [0.05, 0.1) is 25.9 Å². The van der Waals surface area contributed by atoms with Crippen LogP contribution >= 0.6 is 0 Å². The molecule has 0 aliphatic heterocycles. The highest BCUT2D eigenvalue weighted by molar-refractivity contribution is 5.94. The third-order valence-electron chi connectivity index (χ3n) is 4.63. The standard InChI is InChI=1S/C20H31N3O3/c1-3-13-23(14-19(24)21-16-9-5-4-6-10-16)15-20(25)22-17-11-7-8-12-18(17)26-2/h7-8,11-12,16H,3-6,9-10,13-15H2,1-2H3,(H,21,24)(H,22,25). The largest absolute Gasteiger partial charge is 0.495 e. The molecule has 1 aromatic carbocycles. The Morgan fingerprint density at radius 2 is 1.81 bits per heavy atom. The second-order valence-corrected chi connectivity index (χ2v) is 6.86. The Labute approximate surface area is 156 Å². The van der Waals surface area contributed by atoms with E-state index in [1.54, 1.807) is 19.2 Å². The van der Waals surface area contributed by atoms with Gasteiger partial charge in [-0.15, -0.1) is 0 Å². The van der Waals surface area contributed by atoms with Crippen molar-refractivity contribution < 1.29 is 14.3 Å². The quantitative estimate of drug-likeness (QED) is 0.709. The number of para-hydroxylation sites is 2. The predicted octanol–water partition coefficient (Wildman–Crippen LogP) is 2.79. The van der Waals surface area contributed by atoms with Crippen LogP contribution in [0, 0.1) is 0 Å². The van der Waals surface area contributed by atoms with Crippen molar-refractivity contribution in [3.05, 3.63) is 24.3 Å². The van der Waals surface area contributed by atoms with Gasteiger partial charge >= 0.3 is 0 Å². The Hall–Kier alpha value is -2.08. The van der Waals surface area contributed by atoms with Gasteiger partial charge in [0, 0.05) is 6.04 Å². The molecule has 26 heavy (non-hydrogen) atoms. The number of amides is 2. The second-order valence-electron chi connectivity index (χ2n) is 6.86. The molecular formula is C20H31N3O3. The summed E-state index contributed by atoms with van der Waals surface area (Å²) in [5.41, 5.74) is 0.642. The van der Waals surface area contributed by atoms with Crippen molar-refractivity contribution in [2.75, 3.05) is 32.1 Å². The van der Waals surface area contributed by atoms with E-state index in [2.05, 4.69) is 10.6 Å². The number of methoxy groups -OCH3 is 1. The van der Waals surface area contributed by atoms with Gasteiger partial charge in [-0.25, -0.2) is 0 Å². The molecule has 2 rings (SSSR count). The third kappa shape index (κ3) is 6.67. The summed E-state index contributed by atoms with van der Waals surface area (Å²) in [5, 5.41) is 5.98. The van der Waals surface area contributed by atoms with E-state index < -0.39 is 0 Å². The summed E-state index contributed by atoms with van der Waals surface area (Å²) < 4.78 is 5.26. The smallest absolute Gasteiger partial charge is 0.238 e. The van der Waals surface area contributed by atoms with Crippen molar-refractivity contribution in [1.82, 2.24) is 10.2 Å². The van der Waals surface area contributed by atoms with Crippen molar-refractivity contribution in [1.29, 1.82) is 0 Å². The molecule has 1 aliphatic carbocycles. The van der Waals surface area contributed by atoms with Crippen LogP contribution in [0.5, 0.6) is 5.75 Å². The van der Waals surface area contributed by atoms with Crippen LogP contribution in [-0.2, 0) is 9.59 Å². The summed E-state index contributed by atoms with van der Waals surface area (Å²) in [4.78, 5) is 26.6. The monoisotopic (exact) mass is 361 g/mol. The molecule has 0 radical (unpaired) electrons. The van der Waals surface area contributed by atoms with Crippen LogP contribution in [0.3, 0.4) is 0 Å². The van der Waals surface area contributed by atoms with E-state index in [1.807, 2.05) is 24.0 Å². The fourth-order valence-electron chi connectivity index (χ4n) is 3.39. The van der Waals surface area contributed by atoms with Crippen molar-refractivity contribution in [2.45, 2.75) is 51.5 Å². The molecular weight excluding hydrogens is 330 g/mol. The molecule has 1 aromatic rings. The Morgan fingerprint density at radius 1 is 1.12 bits per heavy atom. The summed E-state index contributed by atoms with van der Waals surface area (Å²) in [5.74, 6) is 0.488. The Morgan fingerprint density at radius 3 is 2.50 bits per heavy atom. The van der Waals surface area contributed by atoms with Gasteiger partial charge in [-0.1, -0.05) is 38.3 Å². The van der Waals surface area contributed by atoms with Crippen molar-refractivity contribution in [3.8, 4) is 5.75 Å². The number of hydrogen-bond donors (Lipinski definition) is 2. The van der Waals surface area contributed by atoms with Crippen LogP contribution in [0.2, 0.25) is 0 Å². The number of carbonyl (C=O) groups excluding carboxylic acids is 2. The highest BCUT2D eigenvalue weighted by Crippen LogP contribution is 2.22. The molecule has 0 atom stereocenters. The lowest BCUT2D eigenvalue weighted by Crippen LogP contribution is -2.45. The molecule has 2 N–H and O–H groups in total. The summed E-state index contributed by atoms with van der Waals surface area (Å²) in [6, 6.07) is 7.60. The van der Waals surface area contributed by atoms with Gasteiger partial charge in [0.1, 0.15) is 5.75 Å². The zero-order chi connectivity index (χ0) is 18.8. The summed E-state index contributed by atoms with van der Waals surface area (Å²) in [7, 11) is 1.57. The number of nitrogens with one attached hydrogen (secondary N) is 2. The van der Waals surface area contributed by atoms with Gasteiger partial charge in [-0.2, -0.15) is 0 Å². The zero-order valence-corrected chi connectivity index (χ0v) is 15.9. The van der Waals surface area contributed by atoms with E-state index in [9.17, 15) is 9.59 Å². The maximum atomic E-state index is 12.4. The minimum absolute atomic E-state index is 0.00967. The molecule has 0 heterocycles. The minimum Gasteiger partial charge on any atom is -0.495 e. The SMILES string of the molecule is CCCN(CC(=O)Nc1ccccc1OC)CC(=O)NC1CCCCC1. The van der Waals surface area contributed by atoms with Gasteiger partial charge in [-0.05, 0) is 37.9 Å². The average Bonchev–Trinajstić information content (AvgIpc) is 2.63. The predicted molar refractivity (Wildman–Crippen MR) is 103 cm³/mol. The summed E-state index contributed by atoms with van der Waals surface area (Å²) >= 11 is 0. The fraction of sp³-hybridized carbons (Fsp3) is 0.600. The van der Waals surface area contributed by atoms with Crippen LogP contribution in [0.25, 0.3) is 0 Å². The molecule has 0 aromatic heterocycles. The minimum atomic E-state index is -0.145. The van der Waals surface area contributed by atoms with E-state index in [0.717, 1.165) is 19.3 Å². The first-order valence-electron chi connectivity index (χ1n) is 9.57. The van der Waals surface area contributed by atoms with Gasteiger partial charge < -0.3 is 15.4 Å². The molecule has 144 valence electrons. The number of rotatable bonds is 9. The number of ether oxygens (including phenoxy) is 1. The van der Waals surface area contributed by atoms with Gasteiger partial charge in [0.2, 0.25) is 11.8 Å². The molecule has 6 heteroatoms. The summed E-state index contributed by atoms with van der Waals surface area (Å²) in [6.07, 6.45) is 6.65. The van der Waals surface area contributed by atoms with Crippen LogP contribution in [-0.4, -0.2) is 49.5 Å². The summed E-state index contributed by atoms with van der Waals surface area (Å²) in [6.45, 7) is 3.19. The molecule has 1 saturated carbocycles. The van der Waals surface area contributed by atoms with Gasteiger partial charge in [-0.3, -0.25) is 14.5 Å². The molecule has 2 amide bonds. The lowest BCUT2D eigenvalue weighted by atomic mass is 9.95. The molecule has 6 nitrogen and oxygen atoms in total. The fourth-order valence-corrected chi connectivity index (χ4v) is 3.39. The Kier molecular flexibility index (Phi) is 8.41.